The second-order valence-corrected chi connectivity index (χ2v) is 7.97. The lowest BCUT2D eigenvalue weighted by molar-refractivity contribution is -0.384. The second-order valence-electron chi connectivity index (χ2n) is 7.97. The molecular formula is C19H29ClN4O3. The highest BCUT2D eigenvalue weighted by Crippen LogP contribution is 2.34. The normalized spacial score (nSPS) is 25.7. The number of nitro benzene ring substituents is 1. The average molecular weight is 397 g/mol. The van der Waals surface area contributed by atoms with E-state index in [2.05, 4.69) is 18.7 Å². The zero-order valence-electron chi connectivity index (χ0n) is 16.0. The minimum absolute atomic E-state index is 0. The van der Waals surface area contributed by atoms with Crippen molar-refractivity contribution >= 4 is 29.7 Å². The molecule has 27 heavy (non-hydrogen) atoms. The third kappa shape index (κ3) is 4.90. The summed E-state index contributed by atoms with van der Waals surface area (Å²) in [5.74, 6) is 0.819. The molecule has 1 amide bonds. The Balaban J connectivity index is 0.00000261. The molecule has 0 aliphatic carbocycles. The first-order valence-corrected chi connectivity index (χ1v) is 9.43. The van der Waals surface area contributed by atoms with Crippen LogP contribution in [0.5, 0.6) is 0 Å². The summed E-state index contributed by atoms with van der Waals surface area (Å²) in [7, 11) is 0. The third-order valence-corrected chi connectivity index (χ3v) is 5.37. The van der Waals surface area contributed by atoms with E-state index in [1.807, 2.05) is 0 Å². The number of carbonyl (C=O) groups is 1. The number of amides is 1. The van der Waals surface area contributed by atoms with Crippen molar-refractivity contribution in [3.8, 4) is 0 Å². The SMILES string of the molecule is CC1CC(C)CN(c2ccc(C(=O)N3CCCC(N)C3)cc2[N+](=O)[O-])C1.Cl. The van der Waals surface area contributed by atoms with Gasteiger partial charge >= 0.3 is 0 Å². The summed E-state index contributed by atoms with van der Waals surface area (Å²) in [6, 6.07) is 4.87. The first-order valence-electron chi connectivity index (χ1n) is 9.43. The molecule has 0 saturated carbocycles. The fraction of sp³-hybridized carbons (Fsp3) is 0.632. The van der Waals surface area contributed by atoms with Gasteiger partial charge in [0.05, 0.1) is 4.92 Å². The predicted octanol–water partition coefficient (Wildman–Crippen LogP) is 3.06. The van der Waals surface area contributed by atoms with Crippen LogP contribution in [-0.2, 0) is 0 Å². The molecule has 2 aliphatic rings. The first kappa shape index (κ1) is 21.4. The van der Waals surface area contributed by atoms with Gasteiger partial charge in [-0.2, -0.15) is 0 Å². The van der Waals surface area contributed by atoms with Gasteiger partial charge in [-0.05, 0) is 43.2 Å². The summed E-state index contributed by atoms with van der Waals surface area (Å²) in [4.78, 5) is 27.8. The molecule has 2 aliphatic heterocycles. The van der Waals surface area contributed by atoms with Gasteiger partial charge in [0.2, 0.25) is 0 Å². The van der Waals surface area contributed by atoms with Gasteiger partial charge in [-0.25, -0.2) is 0 Å². The molecule has 0 spiro atoms. The minimum Gasteiger partial charge on any atom is -0.365 e. The Bertz CT molecular complexity index is 690. The average Bonchev–Trinajstić information content (AvgIpc) is 2.59. The van der Waals surface area contributed by atoms with E-state index in [1.165, 1.54) is 6.07 Å². The maximum absolute atomic E-state index is 12.7. The van der Waals surface area contributed by atoms with Gasteiger partial charge < -0.3 is 15.5 Å². The molecule has 3 atom stereocenters. The Morgan fingerprint density at radius 1 is 1.22 bits per heavy atom. The van der Waals surface area contributed by atoms with Crippen LogP contribution in [0.3, 0.4) is 0 Å². The van der Waals surface area contributed by atoms with E-state index in [1.54, 1.807) is 17.0 Å². The van der Waals surface area contributed by atoms with E-state index in [9.17, 15) is 14.9 Å². The number of benzene rings is 1. The van der Waals surface area contributed by atoms with E-state index in [0.717, 1.165) is 32.4 Å². The quantitative estimate of drug-likeness (QED) is 0.626. The van der Waals surface area contributed by atoms with Crippen LogP contribution in [0.25, 0.3) is 0 Å². The maximum Gasteiger partial charge on any atom is 0.293 e. The lowest BCUT2D eigenvalue weighted by Crippen LogP contribution is -2.45. The van der Waals surface area contributed by atoms with Crippen molar-refractivity contribution in [3.05, 3.63) is 33.9 Å². The Hall–Kier alpha value is -1.86. The summed E-state index contributed by atoms with van der Waals surface area (Å²) in [6.07, 6.45) is 2.92. The first-order chi connectivity index (χ1) is 12.3. The number of anilines is 1. The Labute approximate surface area is 166 Å². The maximum atomic E-state index is 12.7. The van der Waals surface area contributed by atoms with Crippen LogP contribution < -0.4 is 10.6 Å². The standard InChI is InChI=1S/C19H28N4O3.ClH/c1-13-8-14(2)11-22(10-13)17-6-5-15(9-18(17)23(25)26)19(24)21-7-3-4-16(20)12-21;/h5-6,9,13-14,16H,3-4,7-8,10-12,20H2,1-2H3;1H. The van der Waals surface area contributed by atoms with Gasteiger partial charge in [0.25, 0.3) is 11.6 Å². The molecular weight excluding hydrogens is 368 g/mol. The molecule has 3 unspecified atom stereocenters. The number of likely N-dealkylation sites (tertiary alicyclic amines) is 1. The summed E-state index contributed by atoms with van der Waals surface area (Å²) >= 11 is 0. The highest BCUT2D eigenvalue weighted by molar-refractivity contribution is 5.96. The summed E-state index contributed by atoms with van der Waals surface area (Å²) in [6.45, 7) is 7.12. The number of hydrogen-bond donors (Lipinski definition) is 1. The molecule has 2 heterocycles. The van der Waals surface area contributed by atoms with Crippen LogP contribution in [0.1, 0.15) is 43.5 Å². The van der Waals surface area contributed by atoms with Crippen LogP contribution in [0, 0.1) is 22.0 Å². The van der Waals surface area contributed by atoms with Crippen LogP contribution in [-0.4, -0.2) is 48.0 Å². The fourth-order valence-electron chi connectivity index (χ4n) is 4.31. The van der Waals surface area contributed by atoms with Crippen LogP contribution in [0.4, 0.5) is 11.4 Å². The van der Waals surface area contributed by atoms with Crippen molar-refractivity contribution in [2.24, 2.45) is 17.6 Å². The van der Waals surface area contributed by atoms with E-state index < -0.39 is 0 Å². The van der Waals surface area contributed by atoms with Crippen LogP contribution >= 0.6 is 12.4 Å². The highest BCUT2D eigenvalue weighted by atomic mass is 35.5. The van der Waals surface area contributed by atoms with E-state index in [4.69, 9.17) is 5.73 Å². The van der Waals surface area contributed by atoms with Crippen molar-refractivity contribution in [2.45, 2.75) is 39.2 Å². The van der Waals surface area contributed by atoms with Gasteiger partial charge in [-0.3, -0.25) is 14.9 Å². The number of piperidine rings is 2. The van der Waals surface area contributed by atoms with Gasteiger partial charge in [0.1, 0.15) is 5.69 Å². The van der Waals surface area contributed by atoms with Crippen molar-refractivity contribution in [3.63, 3.8) is 0 Å². The number of rotatable bonds is 3. The van der Waals surface area contributed by atoms with Crippen molar-refractivity contribution < 1.29 is 9.72 Å². The predicted molar refractivity (Wildman–Crippen MR) is 109 cm³/mol. The Morgan fingerprint density at radius 2 is 1.89 bits per heavy atom. The largest absolute Gasteiger partial charge is 0.365 e. The lowest BCUT2D eigenvalue weighted by atomic mass is 9.91. The number of nitro groups is 1. The molecule has 0 aromatic heterocycles. The molecule has 1 aromatic rings. The van der Waals surface area contributed by atoms with Gasteiger partial charge in [-0.1, -0.05) is 13.8 Å². The molecule has 3 rings (SSSR count). The zero-order valence-corrected chi connectivity index (χ0v) is 16.8. The van der Waals surface area contributed by atoms with Crippen molar-refractivity contribution in [2.75, 3.05) is 31.1 Å². The fourth-order valence-corrected chi connectivity index (χ4v) is 4.31. The minimum atomic E-state index is -0.377. The van der Waals surface area contributed by atoms with E-state index in [0.29, 0.717) is 36.2 Å². The van der Waals surface area contributed by atoms with Gasteiger partial charge in [0, 0.05) is 43.9 Å². The highest BCUT2D eigenvalue weighted by Gasteiger charge is 2.29. The molecule has 2 saturated heterocycles. The van der Waals surface area contributed by atoms with E-state index >= 15 is 0 Å². The molecule has 7 nitrogen and oxygen atoms in total. The summed E-state index contributed by atoms with van der Waals surface area (Å²) < 4.78 is 0. The summed E-state index contributed by atoms with van der Waals surface area (Å²) in [5.41, 5.74) is 6.95. The molecule has 8 heteroatoms. The number of nitrogens with zero attached hydrogens (tertiary/aromatic N) is 3. The summed E-state index contributed by atoms with van der Waals surface area (Å²) in [5, 5.41) is 11.7. The van der Waals surface area contributed by atoms with Gasteiger partial charge in [0.15, 0.2) is 0 Å². The number of carbonyl (C=O) groups excluding carboxylic acids is 1. The molecule has 2 fully saturated rings. The van der Waals surface area contributed by atoms with Gasteiger partial charge in [-0.15, -0.1) is 12.4 Å². The molecule has 2 N–H and O–H groups in total. The smallest absolute Gasteiger partial charge is 0.293 e. The van der Waals surface area contributed by atoms with Crippen LogP contribution in [0.15, 0.2) is 18.2 Å². The Morgan fingerprint density at radius 3 is 2.48 bits per heavy atom. The molecule has 0 radical (unpaired) electrons. The topological polar surface area (TPSA) is 92.7 Å². The van der Waals surface area contributed by atoms with E-state index in [-0.39, 0.29) is 35.0 Å². The van der Waals surface area contributed by atoms with Crippen molar-refractivity contribution in [1.82, 2.24) is 4.90 Å². The molecule has 1 aromatic carbocycles. The molecule has 0 bridgehead atoms. The number of hydrogen-bond acceptors (Lipinski definition) is 5. The lowest BCUT2D eigenvalue weighted by Gasteiger charge is -2.36. The Kier molecular flexibility index (Phi) is 7.06. The zero-order chi connectivity index (χ0) is 18.8. The van der Waals surface area contributed by atoms with Crippen molar-refractivity contribution in [1.29, 1.82) is 0 Å². The number of halogens is 1. The second kappa shape index (κ2) is 8.89. The van der Waals surface area contributed by atoms with Crippen LogP contribution in [0.2, 0.25) is 0 Å². The molecule has 150 valence electrons. The number of nitrogens with two attached hydrogens (primary N) is 1. The third-order valence-electron chi connectivity index (χ3n) is 5.37. The monoisotopic (exact) mass is 396 g/mol.